The summed E-state index contributed by atoms with van der Waals surface area (Å²) in [5, 5.41) is 2.43. The van der Waals surface area contributed by atoms with Crippen molar-refractivity contribution in [1.82, 2.24) is 19.1 Å². The van der Waals surface area contributed by atoms with Gasteiger partial charge >= 0.3 is 6.18 Å². The molecular formula is C46H26F8N6. The number of hydrogen-bond acceptors (Lipinski definition) is 3. The molecule has 296 valence electrons. The number of rotatable bonds is 6. The Morgan fingerprint density at radius 3 is 1.73 bits per heavy atom. The maximum absolute atomic E-state index is 15.7. The molecule has 0 saturated carbocycles. The maximum Gasteiger partial charge on any atom is 0.417 e. The van der Waals surface area contributed by atoms with Gasteiger partial charge in [0, 0.05) is 56.8 Å². The van der Waals surface area contributed by atoms with Crippen LogP contribution in [0.15, 0.2) is 138 Å². The van der Waals surface area contributed by atoms with E-state index in [1.165, 1.54) is 6.20 Å². The molecule has 3 heterocycles. The molecule has 3 aromatic heterocycles. The molecule has 0 bridgehead atoms. The Bertz CT molecular complexity index is 3260. The molecule has 9 aromatic rings. The summed E-state index contributed by atoms with van der Waals surface area (Å²) in [4.78, 5) is 17.1. The molecule has 0 radical (unpaired) electrons. The Morgan fingerprint density at radius 1 is 0.617 bits per heavy atom. The number of amidine groups is 1. The third-order valence-electron chi connectivity index (χ3n) is 10.3. The van der Waals surface area contributed by atoms with Crippen molar-refractivity contribution in [2.24, 2.45) is 9.98 Å². The van der Waals surface area contributed by atoms with Crippen LogP contribution < -0.4 is 0 Å². The molecule has 60 heavy (non-hydrogen) atoms. The van der Waals surface area contributed by atoms with Crippen molar-refractivity contribution in [2.75, 3.05) is 0 Å². The SMILES string of the molecule is C=N/C(=N\C=C/C)c1ccc2c(c1)c1ccccc1n2-c1cc(-c2c(F)c(F)c(F)c(F)c2F)c(C(F)(F)F)cc1-n1c2ccccc2c2cc(-c3ncccn3)ccc21. The molecule has 0 unspecified atom stereocenters. The first-order valence-electron chi connectivity index (χ1n) is 18.2. The Kier molecular flexibility index (Phi) is 9.14. The molecule has 0 saturated heterocycles. The molecule has 6 aromatic carbocycles. The second-order valence-corrected chi connectivity index (χ2v) is 13.7. The van der Waals surface area contributed by atoms with Crippen LogP contribution in [0.2, 0.25) is 0 Å². The molecule has 0 amide bonds. The van der Waals surface area contributed by atoms with Gasteiger partial charge in [-0.3, -0.25) is 0 Å². The van der Waals surface area contributed by atoms with Crippen LogP contribution in [0.25, 0.3) is 77.5 Å². The van der Waals surface area contributed by atoms with Crippen LogP contribution in [-0.4, -0.2) is 31.7 Å². The van der Waals surface area contributed by atoms with Gasteiger partial charge in [0.15, 0.2) is 34.9 Å². The van der Waals surface area contributed by atoms with Gasteiger partial charge in [-0.2, -0.15) is 13.2 Å². The van der Waals surface area contributed by atoms with E-state index in [9.17, 15) is 13.2 Å². The van der Waals surface area contributed by atoms with Gasteiger partial charge < -0.3 is 9.13 Å². The fourth-order valence-corrected chi connectivity index (χ4v) is 7.76. The topological polar surface area (TPSA) is 60.4 Å². The largest absolute Gasteiger partial charge is 0.417 e. The Hall–Kier alpha value is -7.48. The average molecular weight is 815 g/mol. The molecule has 9 rings (SSSR count). The minimum Gasteiger partial charge on any atom is -0.307 e. The van der Waals surface area contributed by atoms with Gasteiger partial charge in [0.25, 0.3) is 0 Å². The second kappa shape index (κ2) is 14.4. The van der Waals surface area contributed by atoms with Crippen LogP contribution in [0.5, 0.6) is 0 Å². The van der Waals surface area contributed by atoms with Gasteiger partial charge in [-0.1, -0.05) is 42.5 Å². The summed E-state index contributed by atoms with van der Waals surface area (Å²) in [7, 11) is 0. The summed E-state index contributed by atoms with van der Waals surface area (Å²) in [6, 6.07) is 27.4. The van der Waals surface area contributed by atoms with Crippen molar-refractivity contribution >= 4 is 56.2 Å². The van der Waals surface area contributed by atoms with Gasteiger partial charge in [-0.15, -0.1) is 0 Å². The first-order chi connectivity index (χ1) is 28.9. The molecule has 0 atom stereocenters. The van der Waals surface area contributed by atoms with Crippen LogP contribution in [0.1, 0.15) is 18.1 Å². The minimum atomic E-state index is -5.37. The predicted octanol–water partition coefficient (Wildman–Crippen LogP) is 12.7. The summed E-state index contributed by atoms with van der Waals surface area (Å²) < 4.78 is 125. The molecule has 0 aliphatic rings. The Balaban J connectivity index is 1.47. The highest BCUT2D eigenvalue weighted by atomic mass is 19.4. The lowest BCUT2D eigenvalue weighted by Crippen LogP contribution is -2.14. The molecule has 6 nitrogen and oxygen atoms in total. The van der Waals surface area contributed by atoms with E-state index >= 15 is 22.0 Å². The normalized spacial score (nSPS) is 12.5. The molecule has 0 spiro atoms. The number of para-hydroxylation sites is 2. The summed E-state index contributed by atoms with van der Waals surface area (Å²) in [5.74, 6) is -11.4. The van der Waals surface area contributed by atoms with Crippen molar-refractivity contribution in [3.05, 3.63) is 168 Å². The third-order valence-corrected chi connectivity index (χ3v) is 10.3. The summed E-state index contributed by atoms with van der Waals surface area (Å²) in [6.07, 6.45) is 1.02. The first kappa shape index (κ1) is 38.1. The number of benzene rings is 6. The lowest BCUT2D eigenvalue weighted by molar-refractivity contribution is -0.137. The second-order valence-electron chi connectivity index (χ2n) is 13.7. The van der Waals surface area contributed by atoms with E-state index in [0.717, 1.165) is 6.07 Å². The quantitative estimate of drug-likeness (QED) is 0.0552. The lowest BCUT2D eigenvalue weighted by atomic mass is 9.95. The molecule has 14 heteroatoms. The van der Waals surface area contributed by atoms with Gasteiger partial charge in [-0.05, 0) is 80.4 Å². The van der Waals surface area contributed by atoms with E-state index in [1.807, 2.05) is 0 Å². The van der Waals surface area contributed by atoms with E-state index in [1.54, 1.807) is 126 Å². The first-order valence-corrected chi connectivity index (χ1v) is 18.2. The van der Waals surface area contributed by atoms with E-state index in [2.05, 4.69) is 26.7 Å². The van der Waals surface area contributed by atoms with E-state index in [0.29, 0.717) is 66.6 Å². The van der Waals surface area contributed by atoms with Crippen molar-refractivity contribution in [3.63, 3.8) is 0 Å². The average Bonchev–Trinajstić information content (AvgIpc) is 3.77. The zero-order valence-electron chi connectivity index (χ0n) is 31.0. The molecule has 0 fully saturated rings. The maximum atomic E-state index is 15.7. The van der Waals surface area contributed by atoms with Crippen LogP contribution in [0, 0.1) is 29.1 Å². The fourth-order valence-electron chi connectivity index (χ4n) is 7.76. The number of nitrogens with zero attached hydrogens (tertiary/aromatic N) is 6. The number of allylic oxidation sites excluding steroid dienone is 1. The molecular weight excluding hydrogens is 789 g/mol. The fraction of sp³-hybridized carbons (Fsp3) is 0.0435. The number of fused-ring (bicyclic) bond motifs is 6. The highest BCUT2D eigenvalue weighted by molar-refractivity contribution is 6.14. The third kappa shape index (κ3) is 5.93. The minimum absolute atomic E-state index is 0.0799. The van der Waals surface area contributed by atoms with Crippen LogP contribution in [-0.2, 0) is 6.18 Å². The van der Waals surface area contributed by atoms with Gasteiger partial charge in [0.1, 0.15) is 0 Å². The van der Waals surface area contributed by atoms with Crippen LogP contribution in [0.3, 0.4) is 0 Å². The summed E-state index contributed by atoms with van der Waals surface area (Å²) >= 11 is 0. The smallest absolute Gasteiger partial charge is 0.307 e. The van der Waals surface area contributed by atoms with E-state index in [4.69, 9.17) is 0 Å². The number of alkyl halides is 3. The summed E-state index contributed by atoms with van der Waals surface area (Å²) in [5.41, 5.74) is -1.94. The van der Waals surface area contributed by atoms with Gasteiger partial charge in [0.2, 0.25) is 5.82 Å². The lowest BCUT2D eigenvalue weighted by Gasteiger charge is -2.22. The Labute approximate surface area is 334 Å². The number of halogens is 8. The van der Waals surface area contributed by atoms with Crippen molar-refractivity contribution in [3.8, 4) is 33.9 Å². The van der Waals surface area contributed by atoms with Crippen LogP contribution in [0.4, 0.5) is 35.1 Å². The standard InChI is InChI=1S/C46H26F8N6/c1-3-17-56-44(55-2)24-13-15-34-28(20-24)26-9-4-6-11-32(26)59(34)36-22-30(38-39(47)41(49)43(51)42(50)40(38)48)31(46(52,53)54)23-37(36)60-33-12-7-5-10-27(33)29-21-25(14-16-35(29)60)45-57-18-8-19-58-45/h3-23H,2H2,1H3/b17-3-,56-44-. The monoisotopic (exact) mass is 814 g/mol. The zero-order chi connectivity index (χ0) is 42.0. The molecule has 0 N–H and O–H groups in total. The van der Waals surface area contributed by atoms with Crippen molar-refractivity contribution < 1.29 is 35.1 Å². The van der Waals surface area contributed by atoms with Gasteiger partial charge in [-0.25, -0.2) is 41.9 Å². The summed E-state index contributed by atoms with van der Waals surface area (Å²) in [6.45, 7) is 5.41. The molecule has 0 aliphatic heterocycles. The van der Waals surface area contributed by atoms with Crippen molar-refractivity contribution in [1.29, 1.82) is 0 Å². The number of aliphatic imine (C=N–C) groups is 2. The highest BCUT2D eigenvalue weighted by Crippen LogP contribution is 2.47. The van der Waals surface area contributed by atoms with Gasteiger partial charge in [0.05, 0.1) is 44.6 Å². The Morgan fingerprint density at radius 2 is 1.15 bits per heavy atom. The van der Waals surface area contributed by atoms with Crippen LogP contribution >= 0.6 is 0 Å². The predicted molar refractivity (Wildman–Crippen MR) is 217 cm³/mol. The highest BCUT2D eigenvalue weighted by Gasteiger charge is 2.39. The van der Waals surface area contributed by atoms with E-state index < -0.39 is 52.0 Å². The van der Waals surface area contributed by atoms with Crippen molar-refractivity contribution in [2.45, 2.75) is 13.1 Å². The zero-order valence-corrected chi connectivity index (χ0v) is 31.0. The molecule has 0 aliphatic carbocycles. The number of aromatic nitrogens is 4. The van der Waals surface area contributed by atoms with E-state index in [-0.39, 0.29) is 17.2 Å². The number of hydrogen-bond donors (Lipinski definition) is 0.